The van der Waals surface area contributed by atoms with Crippen LogP contribution in [-0.2, 0) is 11.4 Å². The summed E-state index contributed by atoms with van der Waals surface area (Å²) in [7, 11) is 0. The highest BCUT2D eigenvalue weighted by Gasteiger charge is 2.26. The van der Waals surface area contributed by atoms with E-state index >= 15 is 0 Å². The lowest BCUT2D eigenvalue weighted by Gasteiger charge is -2.18. The molecule has 0 amide bonds. The van der Waals surface area contributed by atoms with Gasteiger partial charge in [0.15, 0.2) is 0 Å². The molecule has 1 atom stereocenters. The van der Waals surface area contributed by atoms with E-state index in [4.69, 9.17) is 5.26 Å². The minimum Gasteiger partial charge on any atom is -0.591 e. The predicted octanol–water partition coefficient (Wildman–Crippen LogP) is 2.89. The third-order valence-electron chi connectivity index (χ3n) is 1.83. The summed E-state index contributed by atoms with van der Waals surface area (Å²) >= 11 is 0.198. The topological polar surface area (TPSA) is 59.2 Å². The summed E-state index contributed by atoms with van der Waals surface area (Å²) in [6.07, 6.45) is 0. The molecule has 3 nitrogen and oxygen atoms in total. The van der Waals surface area contributed by atoms with Gasteiger partial charge < -0.3 is 4.55 Å². The van der Waals surface area contributed by atoms with Crippen LogP contribution < -0.4 is 0 Å². The molecule has 86 valence electrons. The maximum Gasteiger partial charge on any atom is 0.144 e. The second-order valence-electron chi connectivity index (χ2n) is 4.35. The summed E-state index contributed by atoms with van der Waals surface area (Å²) in [6.45, 7) is 7.47. The fourth-order valence-corrected chi connectivity index (χ4v) is 2.36. The van der Waals surface area contributed by atoms with Gasteiger partial charge in [-0.15, -0.1) is 11.3 Å². The molecule has 16 heavy (non-hydrogen) atoms. The molecule has 0 saturated carbocycles. The zero-order valence-corrected chi connectivity index (χ0v) is 11.4. The molecular formula is C11H14N2OS2. The Labute approximate surface area is 103 Å². The molecule has 5 heteroatoms. The van der Waals surface area contributed by atoms with Crippen LogP contribution in [0.25, 0.3) is 0 Å². The molecule has 0 saturated heterocycles. The van der Waals surface area contributed by atoms with Gasteiger partial charge in [-0.2, -0.15) is 5.26 Å². The lowest BCUT2D eigenvalue weighted by molar-refractivity contribution is 0.561. The van der Waals surface area contributed by atoms with Gasteiger partial charge in [-0.3, -0.25) is 0 Å². The summed E-state index contributed by atoms with van der Waals surface area (Å²) in [5.41, 5.74) is 1.34. The van der Waals surface area contributed by atoms with Crippen LogP contribution in [0.3, 0.4) is 0 Å². The molecule has 1 aromatic heterocycles. The van der Waals surface area contributed by atoms with Gasteiger partial charge in [0.05, 0.1) is 10.4 Å². The zero-order valence-electron chi connectivity index (χ0n) is 9.77. The normalized spacial score (nSPS) is 14.6. The number of nitriles is 1. The standard InChI is InChI=1S/C11H14N2OS2/c1-8(13-16(14)11(2,3)4)10-5-9(6-12)7-15-10/h5,7H,1-4H3/b13-8+. The molecule has 0 aliphatic heterocycles. The Morgan fingerprint density at radius 2 is 2.19 bits per heavy atom. The smallest absolute Gasteiger partial charge is 0.144 e. The van der Waals surface area contributed by atoms with Crippen molar-refractivity contribution in [2.45, 2.75) is 32.4 Å². The molecule has 0 aromatic carbocycles. The van der Waals surface area contributed by atoms with Crippen LogP contribution in [0, 0.1) is 11.3 Å². The molecule has 1 rings (SSSR count). The zero-order chi connectivity index (χ0) is 12.3. The van der Waals surface area contributed by atoms with E-state index in [1.807, 2.05) is 27.7 Å². The number of nitrogens with zero attached hydrogens (tertiary/aromatic N) is 2. The van der Waals surface area contributed by atoms with Crippen molar-refractivity contribution in [3.05, 3.63) is 21.9 Å². The average molecular weight is 254 g/mol. The summed E-state index contributed by atoms with van der Waals surface area (Å²) in [5, 5.41) is 10.5. The number of hydrogen-bond acceptors (Lipinski definition) is 4. The predicted molar refractivity (Wildman–Crippen MR) is 69.1 cm³/mol. The minimum absolute atomic E-state index is 0.351. The van der Waals surface area contributed by atoms with Gasteiger partial charge in [-0.05, 0) is 33.8 Å². The van der Waals surface area contributed by atoms with Crippen LogP contribution in [0.2, 0.25) is 0 Å². The highest BCUT2D eigenvalue weighted by molar-refractivity contribution is 7.91. The fourth-order valence-electron chi connectivity index (χ4n) is 0.891. The molecule has 0 N–H and O–H groups in total. The van der Waals surface area contributed by atoms with Crippen LogP contribution in [0.15, 0.2) is 15.8 Å². The van der Waals surface area contributed by atoms with E-state index in [9.17, 15) is 4.55 Å². The van der Waals surface area contributed by atoms with E-state index in [2.05, 4.69) is 10.5 Å². The second kappa shape index (κ2) is 5.00. The Morgan fingerprint density at radius 1 is 1.56 bits per heavy atom. The Morgan fingerprint density at radius 3 is 2.62 bits per heavy atom. The van der Waals surface area contributed by atoms with Crippen molar-refractivity contribution in [1.29, 1.82) is 5.26 Å². The molecule has 0 bridgehead atoms. The largest absolute Gasteiger partial charge is 0.591 e. The van der Waals surface area contributed by atoms with Crippen LogP contribution in [0.1, 0.15) is 38.1 Å². The van der Waals surface area contributed by atoms with Gasteiger partial charge in [0, 0.05) is 5.38 Å². The van der Waals surface area contributed by atoms with E-state index in [1.165, 1.54) is 11.3 Å². The van der Waals surface area contributed by atoms with E-state index in [0.29, 0.717) is 5.56 Å². The molecular weight excluding hydrogens is 240 g/mol. The van der Waals surface area contributed by atoms with Gasteiger partial charge in [-0.1, -0.05) is 4.40 Å². The third kappa shape index (κ3) is 3.34. The van der Waals surface area contributed by atoms with Crippen LogP contribution in [0.4, 0.5) is 0 Å². The molecule has 1 aromatic rings. The van der Waals surface area contributed by atoms with E-state index in [0.717, 1.165) is 10.6 Å². The summed E-state index contributed by atoms with van der Waals surface area (Å²) in [5.74, 6) is 0. The Kier molecular flexibility index (Phi) is 4.14. The summed E-state index contributed by atoms with van der Waals surface area (Å²) in [6, 6.07) is 3.83. The Balaban J connectivity index is 2.90. The highest BCUT2D eigenvalue weighted by Crippen LogP contribution is 2.20. The van der Waals surface area contributed by atoms with Crippen molar-refractivity contribution in [3.8, 4) is 6.07 Å². The van der Waals surface area contributed by atoms with Gasteiger partial charge in [-0.25, -0.2) is 0 Å². The quantitative estimate of drug-likeness (QED) is 0.602. The van der Waals surface area contributed by atoms with Crippen molar-refractivity contribution >= 4 is 28.4 Å². The molecule has 0 spiro atoms. The maximum atomic E-state index is 11.8. The SMILES string of the molecule is C/C(=N\[S+]([O-])C(C)(C)C)c1cc(C#N)cs1. The van der Waals surface area contributed by atoms with Crippen molar-refractivity contribution < 1.29 is 4.55 Å². The first-order chi connectivity index (χ1) is 7.34. The Bertz CT molecular complexity index is 438. The number of hydrogen-bond donors (Lipinski definition) is 0. The van der Waals surface area contributed by atoms with Crippen LogP contribution in [0.5, 0.6) is 0 Å². The molecule has 1 heterocycles. The first kappa shape index (κ1) is 13.2. The van der Waals surface area contributed by atoms with Gasteiger partial charge in [0.25, 0.3) is 0 Å². The van der Waals surface area contributed by atoms with E-state index in [-0.39, 0.29) is 4.75 Å². The first-order valence-corrected chi connectivity index (χ1v) is 6.79. The van der Waals surface area contributed by atoms with Gasteiger partial charge in [0.2, 0.25) is 0 Å². The van der Waals surface area contributed by atoms with Crippen molar-refractivity contribution in [2.75, 3.05) is 0 Å². The third-order valence-corrected chi connectivity index (χ3v) is 4.36. The number of rotatable bonds is 2. The van der Waals surface area contributed by atoms with Crippen molar-refractivity contribution in [1.82, 2.24) is 0 Å². The van der Waals surface area contributed by atoms with Gasteiger partial charge in [0.1, 0.15) is 27.9 Å². The van der Waals surface area contributed by atoms with Gasteiger partial charge >= 0.3 is 0 Å². The Hall–Kier alpha value is -0.830. The minimum atomic E-state index is -1.25. The van der Waals surface area contributed by atoms with Crippen LogP contribution >= 0.6 is 11.3 Å². The first-order valence-electron chi connectivity index (χ1n) is 4.81. The molecule has 1 unspecified atom stereocenters. The monoisotopic (exact) mass is 254 g/mol. The highest BCUT2D eigenvalue weighted by atomic mass is 32.2. The van der Waals surface area contributed by atoms with Crippen molar-refractivity contribution in [3.63, 3.8) is 0 Å². The molecule has 0 aliphatic rings. The van der Waals surface area contributed by atoms with Crippen molar-refractivity contribution in [2.24, 2.45) is 4.40 Å². The summed E-state index contributed by atoms with van der Waals surface area (Å²) < 4.78 is 15.6. The molecule has 0 radical (unpaired) electrons. The fraction of sp³-hybridized carbons (Fsp3) is 0.455. The van der Waals surface area contributed by atoms with Crippen LogP contribution in [-0.4, -0.2) is 15.0 Å². The lowest BCUT2D eigenvalue weighted by Crippen LogP contribution is -2.26. The van der Waals surface area contributed by atoms with E-state index < -0.39 is 11.4 Å². The number of thiophene rings is 1. The maximum absolute atomic E-state index is 11.8. The van der Waals surface area contributed by atoms with E-state index in [1.54, 1.807) is 11.4 Å². The molecule has 0 aliphatic carbocycles. The second-order valence-corrected chi connectivity index (χ2v) is 7.17. The average Bonchev–Trinajstić information content (AvgIpc) is 2.64. The lowest BCUT2D eigenvalue weighted by atomic mass is 10.3. The summed E-state index contributed by atoms with van der Waals surface area (Å²) in [4.78, 5) is 0.897. The molecule has 0 fully saturated rings.